The standard InChI is InChI=1S/C10H19N2/c1-8(2)9-6-7-12(11-9)10(3,4)5/h7-8H,6H2,1-5H3/q+1. The predicted molar refractivity (Wildman–Crippen MR) is 53.0 cm³/mol. The Kier molecular flexibility index (Phi) is 2.36. The van der Waals surface area contributed by atoms with Crippen molar-refractivity contribution in [2.75, 3.05) is 0 Å². The van der Waals surface area contributed by atoms with E-state index in [1.54, 1.807) is 0 Å². The average molecular weight is 167 g/mol. The zero-order chi connectivity index (χ0) is 9.35. The maximum Gasteiger partial charge on any atom is 0.185 e. The van der Waals surface area contributed by atoms with Gasteiger partial charge in [0, 0.05) is 20.8 Å². The molecule has 1 aliphatic heterocycles. The second-order valence-corrected chi connectivity index (χ2v) is 4.65. The summed E-state index contributed by atoms with van der Waals surface area (Å²) in [6, 6.07) is 0. The number of nitrogens with zero attached hydrogens (tertiary/aromatic N) is 2. The molecular formula is C10H19N2+. The fourth-order valence-corrected chi connectivity index (χ4v) is 1.18. The molecule has 0 N–H and O–H groups in total. The van der Waals surface area contributed by atoms with E-state index < -0.39 is 0 Å². The summed E-state index contributed by atoms with van der Waals surface area (Å²) in [6.45, 7) is 10.9. The fraction of sp³-hybridized carbons (Fsp3) is 0.800. The normalized spacial score (nSPS) is 18.2. The number of hydrazone groups is 1. The molecular weight excluding hydrogens is 148 g/mol. The third-order valence-electron chi connectivity index (χ3n) is 2.06. The van der Waals surface area contributed by atoms with Gasteiger partial charge in [-0.1, -0.05) is 18.5 Å². The van der Waals surface area contributed by atoms with Gasteiger partial charge in [-0.3, -0.25) is 0 Å². The Balaban J connectivity index is 2.75. The second-order valence-electron chi connectivity index (χ2n) is 4.65. The molecule has 0 unspecified atom stereocenters. The van der Waals surface area contributed by atoms with Gasteiger partial charge in [-0.25, -0.2) is 0 Å². The molecule has 1 rings (SSSR count). The Bertz CT molecular complexity index is 229. The van der Waals surface area contributed by atoms with E-state index in [0.717, 1.165) is 6.42 Å². The van der Waals surface area contributed by atoms with Crippen molar-refractivity contribution >= 4 is 11.9 Å². The molecule has 0 atom stereocenters. The molecule has 2 nitrogen and oxygen atoms in total. The van der Waals surface area contributed by atoms with Gasteiger partial charge in [-0.05, 0) is 11.0 Å². The minimum absolute atomic E-state index is 0.136. The average Bonchev–Trinajstić information content (AvgIpc) is 2.30. The van der Waals surface area contributed by atoms with E-state index in [9.17, 15) is 0 Å². The van der Waals surface area contributed by atoms with Gasteiger partial charge in [0.2, 0.25) is 0 Å². The summed E-state index contributed by atoms with van der Waals surface area (Å²) in [6.07, 6.45) is 3.20. The fourth-order valence-electron chi connectivity index (χ4n) is 1.18. The zero-order valence-electron chi connectivity index (χ0n) is 8.76. The Morgan fingerprint density at radius 2 is 2.00 bits per heavy atom. The van der Waals surface area contributed by atoms with Crippen LogP contribution >= 0.6 is 0 Å². The molecule has 0 radical (unpaired) electrons. The van der Waals surface area contributed by atoms with Crippen molar-refractivity contribution in [2.45, 2.75) is 46.6 Å². The minimum atomic E-state index is 0.136. The van der Waals surface area contributed by atoms with Crippen molar-refractivity contribution < 1.29 is 4.68 Å². The van der Waals surface area contributed by atoms with Gasteiger partial charge < -0.3 is 0 Å². The molecule has 0 saturated heterocycles. The molecule has 0 aromatic heterocycles. The smallest absolute Gasteiger partial charge is 0.0906 e. The van der Waals surface area contributed by atoms with Crippen LogP contribution in [0.3, 0.4) is 0 Å². The van der Waals surface area contributed by atoms with Crippen LogP contribution < -0.4 is 0 Å². The van der Waals surface area contributed by atoms with Crippen molar-refractivity contribution in [3.05, 3.63) is 0 Å². The summed E-state index contributed by atoms with van der Waals surface area (Å²) in [5.41, 5.74) is 1.43. The highest BCUT2D eigenvalue weighted by Gasteiger charge is 2.29. The maximum absolute atomic E-state index is 4.55. The van der Waals surface area contributed by atoms with Gasteiger partial charge in [0.1, 0.15) is 0 Å². The highest BCUT2D eigenvalue weighted by atomic mass is 15.4. The topological polar surface area (TPSA) is 15.4 Å². The summed E-state index contributed by atoms with van der Waals surface area (Å²) in [5.74, 6) is 0.577. The van der Waals surface area contributed by atoms with Crippen LogP contribution in [0.2, 0.25) is 0 Å². The summed E-state index contributed by atoms with van der Waals surface area (Å²) in [7, 11) is 0. The largest absolute Gasteiger partial charge is 0.185 e. The van der Waals surface area contributed by atoms with Crippen LogP contribution in [0.4, 0.5) is 0 Å². The Labute approximate surface area is 75.0 Å². The van der Waals surface area contributed by atoms with Crippen molar-refractivity contribution in [1.82, 2.24) is 0 Å². The van der Waals surface area contributed by atoms with Crippen LogP contribution in [-0.2, 0) is 0 Å². The maximum atomic E-state index is 4.55. The molecule has 0 bridgehead atoms. The molecule has 0 aromatic carbocycles. The first-order valence-corrected chi connectivity index (χ1v) is 4.61. The first-order valence-electron chi connectivity index (χ1n) is 4.61. The third kappa shape index (κ3) is 1.93. The monoisotopic (exact) mass is 167 g/mol. The molecule has 0 spiro atoms. The molecule has 68 valence electrons. The molecule has 1 aliphatic rings. The van der Waals surface area contributed by atoms with Gasteiger partial charge in [0.25, 0.3) is 0 Å². The zero-order valence-corrected chi connectivity index (χ0v) is 8.76. The lowest BCUT2D eigenvalue weighted by Gasteiger charge is -2.09. The molecule has 12 heavy (non-hydrogen) atoms. The summed E-state index contributed by atoms with van der Waals surface area (Å²) < 4.78 is 2.07. The van der Waals surface area contributed by atoms with E-state index in [-0.39, 0.29) is 5.54 Å². The van der Waals surface area contributed by atoms with E-state index in [0.29, 0.717) is 5.92 Å². The van der Waals surface area contributed by atoms with E-state index in [2.05, 4.69) is 50.6 Å². The number of hydrogen-bond donors (Lipinski definition) is 0. The first-order chi connectivity index (χ1) is 5.41. The number of hydrogen-bond acceptors (Lipinski definition) is 1. The van der Waals surface area contributed by atoms with E-state index in [4.69, 9.17) is 0 Å². The Hall–Kier alpha value is -0.660. The summed E-state index contributed by atoms with van der Waals surface area (Å²) in [4.78, 5) is 0. The quantitative estimate of drug-likeness (QED) is 0.532. The first kappa shape index (κ1) is 9.43. The summed E-state index contributed by atoms with van der Waals surface area (Å²) in [5, 5.41) is 4.55. The lowest BCUT2D eigenvalue weighted by Crippen LogP contribution is -2.28. The van der Waals surface area contributed by atoms with Crippen LogP contribution in [0, 0.1) is 5.92 Å². The van der Waals surface area contributed by atoms with Gasteiger partial charge in [0.15, 0.2) is 11.8 Å². The van der Waals surface area contributed by atoms with Gasteiger partial charge in [-0.15, -0.1) is 0 Å². The van der Waals surface area contributed by atoms with Gasteiger partial charge in [-0.2, -0.15) is 0 Å². The Morgan fingerprint density at radius 1 is 1.42 bits per heavy atom. The molecule has 2 heteroatoms. The minimum Gasteiger partial charge on any atom is -0.0906 e. The van der Waals surface area contributed by atoms with Crippen molar-refractivity contribution in [2.24, 2.45) is 11.0 Å². The van der Waals surface area contributed by atoms with E-state index >= 15 is 0 Å². The lowest BCUT2D eigenvalue weighted by molar-refractivity contribution is -0.596. The highest BCUT2D eigenvalue weighted by Crippen LogP contribution is 2.14. The van der Waals surface area contributed by atoms with Crippen LogP contribution in [0.1, 0.15) is 41.0 Å². The van der Waals surface area contributed by atoms with Gasteiger partial charge >= 0.3 is 0 Å². The van der Waals surface area contributed by atoms with Crippen LogP contribution in [-0.4, -0.2) is 22.1 Å². The van der Waals surface area contributed by atoms with Crippen molar-refractivity contribution in [3.8, 4) is 0 Å². The van der Waals surface area contributed by atoms with Crippen molar-refractivity contribution in [1.29, 1.82) is 0 Å². The van der Waals surface area contributed by atoms with Crippen molar-refractivity contribution in [3.63, 3.8) is 0 Å². The molecule has 0 fully saturated rings. The summed E-state index contributed by atoms with van der Waals surface area (Å²) >= 11 is 0. The SMILES string of the molecule is CC(C)C1=N[N+](C(C)(C)C)=CC1. The van der Waals surface area contributed by atoms with Gasteiger partial charge in [0.05, 0.1) is 12.1 Å². The number of rotatable bonds is 1. The Morgan fingerprint density at radius 3 is 2.25 bits per heavy atom. The van der Waals surface area contributed by atoms with Crippen LogP contribution in [0.5, 0.6) is 0 Å². The third-order valence-corrected chi connectivity index (χ3v) is 2.06. The highest BCUT2D eigenvalue weighted by molar-refractivity contribution is 5.96. The second kappa shape index (κ2) is 3.00. The molecule has 0 aliphatic carbocycles. The molecule has 0 aromatic rings. The molecule has 0 amide bonds. The van der Waals surface area contributed by atoms with E-state index in [1.807, 2.05) is 0 Å². The lowest BCUT2D eigenvalue weighted by atomic mass is 10.1. The predicted octanol–water partition coefficient (Wildman–Crippen LogP) is 2.28. The van der Waals surface area contributed by atoms with Crippen LogP contribution in [0.25, 0.3) is 0 Å². The molecule has 0 saturated carbocycles. The van der Waals surface area contributed by atoms with Crippen LogP contribution in [0.15, 0.2) is 5.10 Å². The molecule has 1 heterocycles. The van der Waals surface area contributed by atoms with E-state index in [1.165, 1.54) is 5.71 Å².